The Bertz CT molecular complexity index is 1220. The third-order valence-corrected chi connectivity index (χ3v) is 6.89. The number of primary amides is 1. The van der Waals surface area contributed by atoms with Gasteiger partial charge in [0, 0.05) is 21.8 Å². The van der Waals surface area contributed by atoms with Gasteiger partial charge in [-0.05, 0) is 16.7 Å². The Morgan fingerprint density at radius 2 is 1.42 bits per heavy atom. The number of aliphatic carboxylic acids is 1. The minimum absolute atomic E-state index is 0.00798. The second-order valence-corrected chi connectivity index (χ2v) is 9.13. The maximum Gasteiger partial charge on any atom is 0.322 e. The van der Waals surface area contributed by atoms with Gasteiger partial charge in [-0.3, -0.25) is 9.59 Å². The molecule has 1 heterocycles. The Labute approximate surface area is 209 Å². The van der Waals surface area contributed by atoms with Crippen LogP contribution in [0.5, 0.6) is 0 Å². The number of nitrogens with two attached hydrogens (primary N) is 1. The summed E-state index contributed by atoms with van der Waals surface area (Å²) in [5.41, 5.74) is 6.71. The molecule has 3 aromatic rings. The number of amides is 1. The predicted octanol–water partition coefficient (Wildman–Crippen LogP) is 3.63. The molecule has 0 spiro atoms. The van der Waals surface area contributed by atoms with Crippen molar-refractivity contribution in [2.24, 2.45) is 21.2 Å². The topological polar surface area (TPSA) is 126 Å². The summed E-state index contributed by atoms with van der Waals surface area (Å²) in [6.45, 7) is -1.18. The molecular formula is C26H23FN4O4S. The van der Waals surface area contributed by atoms with E-state index >= 15 is 0 Å². The highest BCUT2D eigenvalue weighted by Gasteiger charge is 2.39. The number of hydrogen-bond acceptors (Lipinski definition) is 5. The van der Waals surface area contributed by atoms with Crippen molar-refractivity contribution in [1.82, 2.24) is 5.32 Å². The number of alkyl halides is 1. The molecule has 8 nitrogen and oxygen atoms in total. The summed E-state index contributed by atoms with van der Waals surface area (Å²) < 4.78 is 16.7. The molecule has 0 bridgehead atoms. The van der Waals surface area contributed by atoms with Crippen molar-refractivity contribution in [1.29, 1.82) is 0 Å². The molecule has 1 amide bonds. The van der Waals surface area contributed by atoms with E-state index in [0.717, 1.165) is 16.7 Å². The van der Waals surface area contributed by atoms with Crippen molar-refractivity contribution in [3.8, 4) is 0 Å². The predicted molar refractivity (Wildman–Crippen MR) is 135 cm³/mol. The number of halogens is 1. The molecule has 0 radical (unpaired) electrons. The minimum atomic E-state index is -1.66. The number of benzene rings is 3. The molecule has 4 N–H and O–H groups in total. The van der Waals surface area contributed by atoms with Gasteiger partial charge in [0.2, 0.25) is 12.8 Å². The van der Waals surface area contributed by atoms with Crippen LogP contribution in [0, 0.1) is 5.92 Å². The number of carbonyl (C=O) groups excluding carboxylic acids is 1. The summed E-state index contributed by atoms with van der Waals surface area (Å²) in [6.07, 6.45) is 0. The van der Waals surface area contributed by atoms with Crippen LogP contribution in [0.1, 0.15) is 16.7 Å². The van der Waals surface area contributed by atoms with E-state index in [-0.39, 0.29) is 10.9 Å². The first-order chi connectivity index (χ1) is 17.5. The second kappa shape index (κ2) is 11.1. The minimum Gasteiger partial charge on any atom is -0.480 e. The third kappa shape index (κ3) is 4.95. The highest BCUT2D eigenvalue weighted by Crippen LogP contribution is 2.41. The van der Waals surface area contributed by atoms with Crippen LogP contribution in [-0.4, -0.2) is 29.0 Å². The van der Waals surface area contributed by atoms with Crippen LogP contribution >= 0.6 is 0 Å². The third-order valence-electron chi connectivity index (χ3n) is 5.56. The van der Waals surface area contributed by atoms with E-state index in [4.69, 9.17) is 10.7 Å². The highest BCUT2D eigenvalue weighted by molar-refractivity contribution is 8.05. The number of hydrogen-bond donors (Lipinski definition) is 3. The molecule has 0 aromatic heterocycles. The average Bonchev–Trinajstić information content (AvgIpc) is 3.28. The molecule has 0 saturated carbocycles. The maximum absolute atomic E-state index is 12.9. The van der Waals surface area contributed by atoms with Crippen LogP contribution in [0.4, 0.5) is 4.39 Å². The maximum atomic E-state index is 12.9. The lowest BCUT2D eigenvalue weighted by Crippen LogP contribution is -2.37. The quantitative estimate of drug-likeness (QED) is 0.232. The van der Waals surface area contributed by atoms with Gasteiger partial charge in [0.25, 0.3) is 0 Å². The Hall–Kier alpha value is -4.15. The molecule has 0 fully saturated rings. The second-order valence-electron chi connectivity index (χ2n) is 7.72. The van der Waals surface area contributed by atoms with Crippen LogP contribution in [0.25, 0.3) is 0 Å². The summed E-state index contributed by atoms with van der Waals surface area (Å²) in [7, 11) is -1.35. The first-order valence-electron chi connectivity index (χ1n) is 10.9. The van der Waals surface area contributed by atoms with Gasteiger partial charge in [0.1, 0.15) is 5.54 Å². The largest absolute Gasteiger partial charge is 0.480 e. The van der Waals surface area contributed by atoms with Gasteiger partial charge in [-0.25, -0.2) is 14.2 Å². The Kier molecular flexibility index (Phi) is 7.67. The van der Waals surface area contributed by atoms with Crippen molar-refractivity contribution in [3.63, 3.8) is 0 Å². The van der Waals surface area contributed by atoms with Crippen molar-refractivity contribution in [2.45, 2.75) is 5.54 Å². The standard InChI is InChI=1S/C26H23FN4O4S/c27-17-35-31-36-16-21(22(23(28)32)24(33)34)29-25(36)30-26(18-10-4-1-5-11-18,19-12-6-2-7-13-19)20-14-8-3-9-15-20/h1-16,22H,17H2,(H2,28,32)(H,29,30)(H,33,34). The van der Waals surface area contributed by atoms with Gasteiger partial charge < -0.3 is 16.2 Å². The number of nitrogens with zero attached hydrogens (tertiary/aromatic N) is 2. The smallest absolute Gasteiger partial charge is 0.322 e. The Balaban J connectivity index is 1.99. The van der Waals surface area contributed by atoms with E-state index in [1.165, 1.54) is 5.41 Å². The van der Waals surface area contributed by atoms with E-state index in [1.807, 2.05) is 91.0 Å². The van der Waals surface area contributed by atoms with E-state index in [9.17, 15) is 19.1 Å². The van der Waals surface area contributed by atoms with Gasteiger partial charge >= 0.3 is 5.97 Å². The molecule has 1 aliphatic heterocycles. The molecule has 10 heteroatoms. The average molecular weight is 507 g/mol. The zero-order chi connectivity index (χ0) is 25.5. The lowest BCUT2D eigenvalue weighted by molar-refractivity contribution is -0.144. The van der Waals surface area contributed by atoms with Crippen LogP contribution in [0.15, 0.2) is 112 Å². The molecule has 1 aliphatic rings. The Morgan fingerprint density at radius 1 is 0.944 bits per heavy atom. The zero-order valence-electron chi connectivity index (χ0n) is 19.0. The summed E-state index contributed by atoms with van der Waals surface area (Å²) in [5.74, 6) is -4.15. The molecular weight excluding hydrogens is 483 g/mol. The van der Waals surface area contributed by atoms with E-state index < -0.39 is 40.9 Å². The van der Waals surface area contributed by atoms with Crippen LogP contribution in [-0.2, 0) is 30.7 Å². The molecule has 2 atom stereocenters. The summed E-state index contributed by atoms with van der Waals surface area (Å²) in [6, 6.07) is 28.7. The van der Waals surface area contributed by atoms with Gasteiger partial charge in [-0.15, -0.1) is 0 Å². The van der Waals surface area contributed by atoms with Crippen LogP contribution < -0.4 is 11.1 Å². The first-order valence-corrected chi connectivity index (χ1v) is 12.1. The molecule has 36 heavy (non-hydrogen) atoms. The van der Waals surface area contributed by atoms with E-state index in [2.05, 4.69) is 14.7 Å². The van der Waals surface area contributed by atoms with Crippen LogP contribution in [0.2, 0.25) is 0 Å². The van der Waals surface area contributed by atoms with Crippen molar-refractivity contribution in [2.75, 3.05) is 6.86 Å². The number of nitrogens with one attached hydrogen (secondary N) is 1. The van der Waals surface area contributed by atoms with Crippen molar-refractivity contribution >= 4 is 27.7 Å². The number of carboxylic acid groups (broad SMARTS) is 1. The van der Waals surface area contributed by atoms with Crippen molar-refractivity contribution in [3.05, 3.63) is 119 Å². The number of aliphatic imine (C=N–C) groups is 1. The molecule has 4 rings (SSSR count). The fourth-order valence-corrected chi connectivity index (χ4v) is 5.29. The molecule has 2 unspecified atom stereocenters. The molecule has 3 aromatic carbocycles. The van der Waals surface area contributed by atoms with Gasteiger partial charge in [-0.2, -0.15) is 0 Å². The summed E-state index contributed by atoms with van der Waals surface area (Å²) in [4.78, 5) is 33.5. The van der Waals surface area contributed by atoms with E-state index in [0.29, 0.717) is 0 Å². The molecule has 0 saturated heterocycles. The highest BCUT2D eigenvalue weighted by atomic mass is 32.2. The van der Waals surface area contributed by atoms with Crippen molar-refractivity contribution < 1.29 is 23.9 Å². The lowest BCUT2D eigenvalue weighted by Gasteiger charge is -2.32. The number of carboxylic acids is 1. The number of rotatable bonds is 9. The van der Waals surface area contributed by atoms with E-state index in [1.54, 1.807) is 0 Å². The lowest BCUT2D eigenvalue weighted by atomic mass is 9.77. The Morgan fingerprint density at radius 3 is 1.81 bits per heavy atom. The number of amidine groups is 1. The molecule has 0 aliphatic carbocycles. The normalized spacial score (nSPS) is 17.4. The fraction of sp³-hybridized carbons (Fsp3) is 0.115. The first kappa shape index (κ1) is 25.0. The summed E-state index contributed by atoms with van der Waals surface area (Å²) in [5, 5.41) is 14.1. The SMILES string of the molecule is NC(=O)C(C(=O)O)C1=C/S(=N/OCF)C(=NC(c2ccccc2)(c2ccccc2)c2ccccc2)N1. The van der Waals surface area contributed by atoms with Gasteiger partial charge in [0.15, 0.2) is 11.1 Å². The fourth-order valence-electron chi connectivity index (χ4n) is 4.02. The zero-order valence-corrected chi connectivity index (χ0v) is 19.8. The van der Waals surface area contributed by atoms with Crippen LogP contribution in [0.3, 0.4) is 0 Å². The monoisotopic (exact) mass is 506 g/mol. The summed E-state index contributed by atoms with van der Waals surface area (Å²) >= 11 is 0. The van der Waals surface area contributed by atoms with Gasteiger partial charge in [-0.1, -0.05) is 95.5 Å². The van der Waals surface area contributed by atoms with Gasteiger partial charge in [0.05, 0.1) is 0 Å². The number of carbonyl (C=O) groups is 2. The molecule has 184 valence electrons.